The molecule has 0 spiro atoms. The van der Waals surface area contributed by atoms with Crippen LogP contribution in [0, 0.1) is 11.8 Å². The molecule has 8 heteroatoms. The Morgan fingerprint density at radius 3 is 2.78 bits per heavy atom. The van der Waals surface area contributed by atoms with Crippen molar-refractivity contribution in [3.63, 3.8) is 0 Å². The Balaban J connectivity index is 2.41. The van der Waals surface area contributed by atoms with Gasteiger partial charge in [0.05, 0.1) is 23.6 Å². The molecule has 0 heterocycles. The number of ether oxygens (including phenoxy) is 1. The predicted molar refractivity (Wildman–Crippen MR) is 108 cm³/mol. The van der Waals surface area contributed by atoms with Gasteiger partial charge >= 0.3 is 5.97 Å². The lowest BCUT2D eigenvalue weighted by molar-refractivity contribution is -0.137. The van der Waals surface area contributed by atoms with Crippen molar-refractivity contribution in [3.8, 4) is 0 Å². The summed E-state index contributed by atoms with van der Waals surface area (Å²) >= 11 is 5.91. The first-order valence-corrected chi connectivity index (χ1v) is 9.22. The third kappa shape index (κ3) is 5.48. The van der Waals surface area contributed by atoms with Crippen molar-refractivity contribution in [2.45, 2.75) is 19.2 Å². The van der Waals surface area contributed by atoms with Gasteiger partial charge < -0.3 is 21.2 Å². The third-order valence-corrected chi connectivity index (χ3v) is 4.48. The Kier molecular flexibility index (Phi) is 7.27. The zero-order valence-electron chi connectivity index (χ0n) is 15.6. The van der Waals surface area contributed by atoms with Gasteiger partial charge in [0.25, 0.3) is 0 Å². The quantitative estimate of drug-likeness (QED) is 0.156. The molecular weight excluding hydrogens is 366 g/mol. The Labute approximate surface area is 164 Å². The van der Waals surface area contributed by atoms with Crippen LogP contribution in [0.5, 0.6) is 0 Å². The van der Waals surface area contributed by atoms with Crippen molar-refractivity contribution < 1.29 is 9.53 Å². The zero-order chi connectivity index (χ0) is 20.0. The van der Waals surface area contributed by atoms with Gasteiger partial charge in [-0.2, -0.15) is 0 Å². The van der Waals surface area contributed by atoms with Crippen LogP contribution in [0.2, 0.25) is 0 Å². The standard InChI is InChI=1S/C19H26ClN5O2/c1-3-27-19(26)16(10-21)18(15-8-14(15)17(22)11-25(2)23)24-13-6-4-5-12(7-13)9-20/h4-7,10-11,14-15H,3,8-9,21-23H2,1-2H3/b16-10?,17-11-,24-18?/t14?,15-/m1/s1. The molecule has 1 fully saturated rings. The van der Waals surface area contributed by atoms with Crippen molar-refractivity contribution in [2.24, 2.45) is 34.1 Å². The summed E-state index contributed by atoms with van der Waals surface area (Å²) in [6.45, 7) is 1.99. The molecule has 0 amide bonds. The molecular formula is C19H26ClN5O2. The summed E-state index contributed by atoms with van der Waals surface area (Å²) in [5.74, 6) is 5.51. The molecule has 0 aliphatic heterocycles. The molecule has 0 saturated heterocycles. The van der Waals surface area contributed by atoms with Gasteiger partial charge in [-0.3, -0.25) is 4.99 Å². The van der Waals surface area contributed by atoms with E-state index in [1.54, 1.807) is 20.2 Å². The summed E-state index contributed by atoms with van der Waals surface area (Å²) in [5, 5.41) is 1.40. The van der Waals surface area contributed by atoms with Crippen LogP contribution < -0.4 is 17.3 Å². The number of carbonyl (C=O) groups excluding carboxylic acids is 1. The molecule has 1 unspecified atom stereocenters. The van der Waals surface area contributed by atoms with E-state index in [1.807, 2.05) is 24.3 Å². The average molecular weight is 392 g/mol. The number of alkyl halides is 1. The Bertz CT molecular complexity index is 773. The van der Waals surface area contributed by atoms with Crippen LogP contribution >= 0.6 is 11.6 Å². The third-order valence-electron chi connectivity index (χ3n) is 4.17. The minimum Gasteiger partial charge on any atom is -0.462 e. The molecule has 0 radical (unpaired) electrons. The second-order valence-corrected chi connectivity index (χ2v) is 6.61. The molecule has 2 rings (SSSR count). The Morgan fingerprint density at radius 2 is 2.19 bits per heavy atom. The lowest BCUT2D eigenvalue weighted by atomic mass is 10.0. The average Bonchev–Trinajstić information content (AvgIpc) is 3.42. The lowest BCUT2D eigenvalue weighted by Crippen LogP contribution is -2.23. The molecule has 2 atom stereocenters. The number of hydrogen-bond donors (Lipinski definition) is 3. The van der Waals surface area contributed by atoms with E-state index >= 15 is 0 Å². The maximum atomic E-state index is 12.4. The number of nitrogens with two attached hydrogens (primary N) is 3. The molecule has 146 valence electrons. The highest BCUT2D eigenvalue weighted by molar-refractivity contribution is 6.22. The lowest BCUT2D eigenvalue weighted by Gasteiger charge is -2.12. The number of aliphatic imine (C=N–C) groups is 1. The van der Waals surface area contributed by atoms with Gasteiger partial charge in [-0.05, 0) is 31.0 Å². The second kappa shape index (κ2) is 9.43. The van der Waals surface area contributed by atoms with E-state index in [4.69, 9.17) is 38.6 Å². The van der Waals surface area contributed by atoms with Gasteiger partial charge in [-0.25, -0.2) is 10.6 Å². The molecule has 1 aromatic carbocycles. The van der Waals surface area contributed by atoms with E-state index in [9.17, 15) is 4.79 Å². The monoisotopic (exact) mass is 391 g/mol. The summed E-state index contributed by atoms with van der Waals surface area (Å²) in [4.78, 5) is 17.1. The van der Waals surface area contributed by atoms with Crippen LogP contribution in [0.25, 0.3) is 0 Å². The van der Waals surface area contributed by atoms with Crippen LogP contribution in [0.1, 0.15) is 18.9 Å². The normalized spacial score (nSPS) is 20.4. The van der Waals surface area contributed by atoms with E-state index in [0.717, 1.165) is 12.0 Å². The summed E-state index contributed by atoms with van der Waals surface area (Å²) < 4.78 is 5.13. The van der Waals surface area contributed by atoms with Crippen LogP contribution in [0.4, 0.5) is 5.69 Å². The first-order valence-electron chi connectivity index (χ1n) is 8.68. The highest BCUT2D eigenvalue weighted by Crippen LogP contribution is 2.45. The summed E-state index contributed by atoms with van der Waals surface area (Å²) in [7, 11) is 1.70. The van der Waals surface area contributed by atoms with Gasteiger partial charge in [0.2, 0.25) is 0 Å². The highest BCUT2D eigenvalue weighted by atomic mass is 35.5. The van der Waals surface area contributed by atoms with Crippen LogP contribution in [-0.4, -0.2) is 30.3 Å². The Morgan fingerprint density at radius 1 is 1.44 bits per heavy atom. The molecule has 1 aliphatic carbocycles. The zero-order valence-corrected chi connectivity index (χ0v) is 16.3. The predicted octanol–water partition coefficient (Wildman–Crippen LogP) is 2.15. The number of esters is 1. The number of hydrogen-bond acceptors (Lipinski definition) is 7. The summed E-state index contributed by atoms with van der Waals surface area (Å²) in [6.07, 6.45) is 3.65. The molecule has 1 aliphatic rings. The van der Waals surface area contributed by atoms with E-state index in [1.165, 1.54) is 11.2 Å². The maximum Gasteiger partial charge on any atom is 0.341 e. The van der Waals surface area contributed by atoms with Gasteiger partial charge in [-0.1, -0.05) is 12.1 Å². The molecule has 27 heavy (non-hydrogen) atoms. The smallest absolute Gasteiger partial charge is 0.341 e. The van der Waals surface area contributed by atoms with E-state index in [0.29, 0.717) is 23.0 Å². The topological polar surface area (TPSA) is 120 Å². The van der Waals surface area contributed by atoms with Gasteiger partial charge in [0.1, 0.15) is 0 Å². The fourth-order valence-electron chi connectivity index (χ4n) is 2.85. The van der Waals surface area contributed by atoms with Crippen LogP contribution in [-0.2, 0) is 15.4 Å². The second-order valence-electron chi connectivity index (χ2n) is 6.34. The first-order chi connectivity index (χ1) is 12.9. The molecule has 6 N–H and O–H groups in total. The van der Waals surface area contributed by atoms with Crippen molar-refractivity contribution >= 4 is 29.0 Å². The van der Waals surface area contributed by atoms with Crippen LogP contribution in [0.15, 0.2) is 52.9 Å². The fraction of sp³-hybridized carbons (Fsp3) is 0.368. The molecule has 0 bridgehead atoms. The van der Waals surface area contributed by atoms with Crippen LogP contribution in [0.3, 0.4) is 0 Å². The number of halogens is 1. The number of nitrogens with zero attached hydrogens (tertiary/aromatic N) is 2. The fourth-order valence-corrected chi connectivity index (χ4v) is 3.02. The molecule has 7 nitrogen and oxygen atoms in total. The molecule has 1 aromatic rings. The van der Waals surface area contributed by atoms with Gasteiger partial charge in [0.15, 0.2) is 0 Å². The largest absolute Gasteiger partial charge is 0.462 e. The van der Waals surface area contributed by atoms with E-state index in [-0.39, 0.29) is 24.0 Å². The SMILES string of the molecule is CCOC(=O)C(=CN)C(=Nc1cccc(CCl)c1)[C@@H]1CC1/C(N)=C/N(C)N. The number of rotatable bonds is 8. The summed E-state index contributed by atoms with van der Waals surface area (Å²) in [5.41, 5.74) is 14.9. The molecule has 1 saturated carbocycles. The number of benzene rings is 1. The number of hydrazine groups is 1. The minimum atomic E-state index is -0.503. The van der Waals surface area contributed by atoms with Gasteiger partial charge in [-0.15, -0.1) is 11.6 Å². The number of carbonyl (C=O) groups is 1. The highest BCUT2D eigenvalue weighted by Gasteiger charge is 2.45. The first kappa shape index (κ1) is 20.8. The molecule has 0 aromatic heterocycles. The van der Waals surface area contributed by atoms with Crippen molar-refractivity contribution in [3.05, 3.63) is 53.5 Å². The van der Waals surface area contributed by atoms with Gasteiger partial charge in [0, 0.05) is 42.9 Å². The maximum absolute atomic E-state index is 12.4. The van der Waals surface area contributed by atoms with Crippen molar-refractivity contribution in [2.75, 3.05) is 13.7 Å². The van der Waals surface area contributed by atoms with Crippen molar-refractivity contribution in [1.82, 2.24) is 5.01 Å². The van der Waals surface area contributed by atoms with E-state index in [2.05, 4.69) is 0 Å². The summed E-state index contributed by atoms with van der Waals surface area (Å²) in [6, 6.07) is 7.50. The minimum absolute atomic E-state index is 0.0373. The van der Waals surface area contributed by atoms with E-state index < -0.39 is 5.97 Å². The van der Waals surface area contributed by atoms with Crippen molar-refractivity contribution in [1.29, 1.82) is 0 Å². The Hall–Kier alpha value is -2.51. The number of allylic oxidation sites excluding steroid dienone is 1.